The van der Waals surface area contributed by atoms with E-state index in [2.05, 4.69) is 34.2 Å². The molecular formula is C15H15ClN2O. The van der Waals surface area contributed by atoms with Crippen molar-refractivity contribution in [1.82, 2.24) is 9.97 Å². The van der Waals surface area contributed by atoms with Gasteiger partial charge in [0.15, 0.2) is 0 Å². The Kier molecular flexibility index (Phi) is 3.76. The van der Waals surface area contributed by atoms with Crippen molar-refractivity contribution < 1.29 is 4.74 Å². The molecule has 1 aliphatic rings. The summed E-state index contributed by atoms with van der Waals surface area (Å²) >= 11 is 5.77. The normalized spacial score (nSPS) is 18.1. The van der Waals surface area contributed by atoms with Crippen LogP contribution in [-0.4, -0.2) is 9.97 Å². The fourth-order valence-electron chi connectivity index (χ4n) is 2.52. The summed E-state index contributed by atoms with van der Waals surface area (Å²) in [6.07, 6.45) is 5.21. The topological polar surface area (TPSA) is 35.0 Å². The van der Waals surface area contributed by atoms with E-state index in [-0.39, 0.29) is 11.4 Å². The predicted molar refractivity (Wildman–Crippen MR) is 74.0 cm³/mol. The number of fused-ring (bicyclic) bond motifs is 1. The molecule has 1 unspecified atom stereocenters. The molecule has 0 spiro atoms. The molecule has 0 radical (unpaired) electrons. The van der Waals surface area contributed by atoms with Gasteiger partial charge >= 0.3 is 0 Å². The lowest BCUT2D eigenvalue weighted by Gasteiger charge is -2.25. The predicted octanol–water partition coefficient (Wildman–Crippen LogP) is 3.72. The number of hydrogen-bond acceptors (Lipinski definition) is 3. The van der Waals surface area contributed by atoms with Crippen LogP contribution in [0.2, 0.25) is 5.28 Å². The summed E-state index contributed by atoms with van der Waals surface area (Å²) in [7, 11) is 0. The highest BCUT2D eigenvalue weighted by atomic mass is 35.5. The second-order valence-electron chi connectivity index (χ2n) is 4.71. The van der Waals surface area contributed by atoms with Gasteiger partial charge < -0.3 is 4.74 Å². The molecular weight excluding hydrogens is 260 g/mol. The van der Waals surface area contributed by atoms with E-state index in [0.29, 0.717) is 6.61 Å². The summed E-state index contributed by atoms with van der Waals surface area (Å²) in [5.41, 5.74) is 3.54. The molecule has 0 bridgehead atoms. The first-order valence-corrected chi connectivity index (χ1v) is 6.87. The number of aromatic nitrogens is 2. The van der Waals surface area contributed by atoms with Crippen LogP contribution in [0, 0.1) is 0 Å². The van der Waals surface area contributed by atoms with Gasteiger partial charge in [0.25, 0.3) is 0 Å². The highest BCUT2D eigenvalue weighted by Crippen LogP contribution is 2.32. The Morgan fingerprint density at radius 2 is 2.16 bits per heavy atom. The van der Waals surface area contributed by atoms with E-state index in [0.717, 1.165) is 18.5 Å². The third kappa shape index (κ3) is 2.94. The van der Waals surface area contributed by atoms with Crippen LogP contribution < -0.4 is 0 Å². The Balaban J connectivity index is 1.71. The maximum Gasteiger partial charge on any atom is 0.222 e. The molecule has 1 aromatic heterocycles. The van der Waals surface area contributed by atoms with Gasteiger partial charge in [-0.05, 0) is 48.1 Å². The van der Waals surface area contributed by atoms with Gasteiger partial charge in [0, 0.05) is 6.20 Å². The van der Waals surface area contributed by atoms with Crippen LogP contribution in [0.3, 0.4) is 0 Å². The fourth-order valence-corrected chi connectivity index (χ4v) is 2.68. The number of hydrogen-bond donors (Lipinski definition) is 0. The zero-order valence-corrected chi connectivity index (χ0v) is 11.3. The minimum Gasteiger partial charge on any atom is -0.367 e. The van der Waals surface area contributed by atoms with Crippen LogP contribution >= 0.6 is 11.6 Å². The van der Waals surface area contributed by atoms with E-state index in [1.54, 1.807) is 6.20 Å². The van der Waals surface area contributed by atoms with Crippen molar-refractivity contribution in [3.05, 3.63) is 58.6 Å². The van der Waals surface area contributed by atoms with Crippen molar-refractivity contribution in [2.75, 3.05) is 0 Å². The van der Waals surface area contributed by atoms with Crippen LogP contribution in [0.4, 0.5) is 0 Å². The molecule has 1 heterocycles. The second kappa shape index (κ2) is 5.68. The van der Waals surface area contributed by atoms with E-state index in [1.807, 2.05) is 6.07 Å². The standard InChI is InChI=1S/C15H15ClN2O/c16-15-17-9-8-12(18-15)10-19-14-7-3-5-11-4-1-2-6-13(11)14/h1-2,4,6,8-9,14H,3,5,7,10H2. The molecule has 1 atom stereocenters. The molecule has 0 fully saturated rings. The number of rotatable bonds is 3. The molecule has 0 saturated carbocycles. The third-order valence-electron chi connectivity index (χ3n) is 3.43. The fraction of sp³-hybridized carbons (Fsp3) is 0.333. The molecule has 0 N–H and O–H groups in total. The summed E-state index contributed by atoms with van der Waals surface area (Å²) in [6, 6.07) is 10.3. The van der Waals surface area contributed by atoms with Gasteiger partial charge in [-0.25, -0.2) is 9.97 Å². The van der Waals surface area contributed by atoms with E-state index >= 15 is 0 Å². The molecule has 4 heteroatoms. The minimum atomic E-state index is 0.165. The molecule has 1 aromatic carbocycles. The third-order valence-corrected chi connectivity index (χ3v) is 3.61. The maximum atomic E-state index is 6.00. The highest BCUT2D eigenvalue weighted by Gasteiger charge is 2.20. The van der Waals surface area contributed by atoms with Gasteiger partial charge in [-0.2, -0.15) is 0 Å². The second-order valence-corrected chi connectivity index (χ2v) is 5.05. The van der Waals surface area contributed by atoms with Crippen LogP contribution in [0.15, 0.2) is 36.5 Å². The van der Waals surface area contributed by atoms with Crippen molar-refractivity contribution >= 4 is 11.6 Å². The molecule has 3 rings (SSSR count). The molecule has 2 aromatic rings. The molecule has 19 heavy (non-hydrogen) atoms. The lowest BCUT2D eigenvalue weighted by molar-refractivity contribution is 0.0264. The van der Waals surface area contributed by atoms with Crippen molar-refractivity contribution in [1.29, 1.82) is 0 Å². The molecule has 0 saturated heterocycles. The van der Waals surface area contributed by atoms with E-state index in [4.69, 9.17) is 16.3 Å². The Bertz CT molecular complexity index is 574. The van der Waals surface area contributed by atoms with Gasteiger partial charge in [-0.3, -0.25) is 0 Å². The van der Waals surface area contributed by atoms with Gasteiger partial charge in [0.05, 0.1) is 18.4 Å². The van der Waals surface area contributed by atoms with Crippen LogP contribution in [-0.2, 0) is 17.8 Å². The molecule has 0 aliphatic heterocycles. The SMILES string of the molecule is Clc1nccc(COC2CCCc3ccccc32)n1. The average molecular weight is 275 g/mol. The molecule has 98 valence electrons. The Morgan fingerprint density at radius 3 is 3.05 bits per heavy atom. The summed E-state index contributed by atoms with van der Waals surface area (Å²) in [5, 5.41) is 0.269. The first kappa shape index (κ1) is 12.6. The lowest BCUT2D eigenvalue weighted by Crippen LogP contribution is -2.13. The first-order valence-electron chi connectivity index (χ1n) is 6.50. The van der Waals surface area contributed by atoms with Crippen LogP contribution in [0.25, 0.3) is 0 Å². The number of benzene rings is 1. The van der Waals surface area contributed by atoms with Gasteiger partial charge in [-0.1, -0.05) is 24.3 Å². The van der Waals surface area contributed by atoms with E-state index in [1.165, 1.54) is 17.5 Å². The number of aryl methyl sites for hydroxylation is 1. The van der Waals surface area contributed by atoms with Crippen molar-refractivity contribution in [3.8, 4) is 0 Å². The number of ether oxygens (including phenoxy) is 1. The summed E-state index contributed by atoms with van der Waals surface area (Å²) in [5.74, 6) is 0. The zero-order valence-electron chi connectivity index (χ0n) is 10.6. The quantitative estimate of drug-likeness (QED) is 0.800. The van der Waals surface area contributed by atoms with Gasteiger partial charge in [-0.15, -0.1) is 0 Å². The highest BCUT2D eigenvalue weighted by molar-refractivity contribution is 6.28. The summed E-state index contributed by atoms with van der Waals surface area (Å²) in [4.78, 5) is 8.01. The van der Waals surface area contributed by atoms with E-state index < -0.39 is 0 Å². The van der Waals surface area contributed by atoms with Crippen LogP contribution in [0.5, 0.6) is 0 Å². The first-order chi connectivity index (χ1) is 9.33. The Labute approximate surface area is 117 Å². The molecule has 1 aliphatic carbocycles. The largest absolute Gasteiger partial charge is 0.367 e. The van der Waals surface area contributed by atoms with Crippen molar-refractivity contribution in [3.63, 3.8) is 0 Å². The zero-order chi connectivity index (χ0) is 13.1. The molecule has 0 amide bonds. The van der Waals surface area contributed by atoms with Crippen molar-refractivity contribution in [2.24, 2.45) is 0 Å². The number of halogens is 1. The smallest absolute Gasteiger partial charge is 0.222 e. The summed E-state index contributed by atoms with van der Waals surface area (Å²) < 4.78 is 6.00. The van der Waals surface area contributed by atoms with E-state index in [9.17, 15) is 0 Å². The lowest BCUT2D eigenvalue weighted by atomic mass is 9.89. The average Bonchev–Trinajstić information content (AvgIpc) is 2.45. The Morgan fingerprint density at radius 1 is 1.26 bits per heavy atom. The Hall–Kier alpha value is -1.45. The number of nitrogens with zero attached hydrogens (tertiary/aromatic N) is 2. The van der Waals surface area contributed by atoms with Crippen molar-refractivity contribution in [2.45, 2.75) is 32.0 Å². The maximum absolute atomic E-state index is 6.00. The van der Waals surface area contributed by atoms with Gasteiger partial charge in [0.1, 0.15) is 0 Å². The van der Waals surface area contributed by atoms with Gasteiger partial charge in [0.2, 0.25) is 5.28 Å². The monoisotopic (exact) mass is 274 g/mol. The molecule has 3 nitrogen and oxygen atoms in total. The van der Waals surface area contributed by atoms with Crippen LogP contribution in [0.1, 0.15) is 35.8 Å². The summed E-state index contributed by atoms with van der Waals surface area (Å²) in [6.45, 7) is 0.473. The minimum absolute atomic E-state index is 0.165.